The number of aromatic nitrogens is 3. The Bertz CT molecular complexity index is 470. The molecular weight excluding hydrogens is 248 g/mol. The first-order valence-corrected chi connectivity index (χ1v) is 6.12. The molecule has 0 bridgehead atoms. The second kappa shape index (κ2) is 6.17. The monoisotopic (exact) mass is 268 g/mol. The van der Waals surface area contributed by atoms with Crippen LogP contribution < -0.4 is 11.1 Å². The zero-order chi connectivity index (χ0) is 14.5. The number of rotatable bonds is 6. The predicted octanol–water partition coefficient (Wildman–Crippen LogP) is 0.0769. The molecule has 8 nitrogen and oxygen atoms in total. The van der Waals surface area contributed by atoms with E-state index in [1.807, 2.05) is 11.5 Å². The van der Waals surface area contributed by atoms with Gasteiger partial charge in [0.05, 0.1) is 6.54 Å². The van der Waals surface area contributed by atoms with Crippen LogP contribution in [0.25, 0.3) is 0 Å². The summed E-state index contributed by atoms with van der Waals surface area (Å²) < 4.78 is 1.83. The molecule has 1 amide bonds. The Morgan fingerprint density at radius 2 is 2.32 bits per heavy atom. The fourth-order valence-corrected chi connectivity index (χ4v) is 1.60. The molecule has 1 aromatic rings. The third kappa shape index (κ3) is 3.01. The lowest BCUT2D eigenvalue weighted by Crippen LogP contribution is -2.47. The summed E-state index contributed by atoms with van der Waals surface area (Å²) >= 11 is 0. The van der Waals surface area contributed by atoms with Crippen LogP contribution >= 0.6 is 0 Å². The Hall–Kier alpha value is -2.12. The van der Waals surface area contributed by atoms with Crippen LogP contribution in [0.2, 0.25) is 0 Å². The van der Waals surface area contributed by atoms with Gasteiger partial charge in [0.1, 0.15) is 11.7 Å². The molecule has 0 saturated heterocycles. The van der Waals surface area contributed by atoms with Gasteiger partial charge in [-0.05, 0) is 20.3 Å². The van der Waals surface area contributed by atoms with Crippen molar-refractivity contribution in [2.45, 2.75) is 40.3 Å². The number of aryl methyl sites for hydroxylation is 1. The van der Waals surface area contributed by atoms with Crippen LogP contribution in [0.4, 0.5) is 0 Å². The molecule has 1 heterocycles. The fourth-order valence-electron chi connectivity index (χ4n) is 1.60. The van der Waals surface area contributed by atoms with Crippen molar-refractivity contribution in [1.82, 2.24) is 20.1 Å². The Labute approximate surface area is 111 Å². The summed E-state index contributed by atoms with van der Waals surface area (Å²) in [4.78, 5) is 12.2. The number of amidine groups is 1. The molecule has 0 aromatic carbocycles. The van der Waals surface area contributed by atoms with E-state index in [4.69, 9.17) is 10.9 Å². The number of hydrogen-bond donors (Lipinski definition) is 3. The van der Waals surface area contributed by atoms with Crippen LogP contribution in [0.3, 0.4) is 0 Å². The zero-order valence-corrected chi connectivity index (χ0v) is 11.4. The minimum atomic E-state index is -1.04. The Kier molecular flexibility index (Phi) is 4.85. The summed E-state index contributed by atoms with van der Waals surface area (Å²) in [6, 6.07) is 0. The lowest BCUT2D eigenvalue weighted by atomic mass is 9.85. The molecule has 0 aliphatic heterocycles. The van der Waals surface area contributed by atoms with Crippen molar-refractivity contribution in [1.29, 1.82) is 0 Å². The van der Waals surface area contributed by atoms with E-state index in [0.717, 1.165) is 6.54 Å². The number of carbonyl (C=O) groups excluding carboxylic acids is 1. The summed E-state index contributed by atoms with van der Waals surface area (Å²) in [7, 11) is 0. The molecule has 0 radical (unpaired) electrons. The third-order valence-electron chi connectivity index (χ3n) is 3.32. The van der Waals surface area contributed by atoms with Gasteiger partial charge in [0.25, 0.3) is 0 Å². The predicted molar refractivity (Wildman–Crippen MR) is 69.3 cm³/mol. The average Bonchev–Trinajstić information content (AvgIpc) is 2.90. The molecule has 4 N–H and O–H groups in total. The maximum absolute atomic E-state index is 12.2. The van der Waals surface area contributed by atoms with Crippen molar-refractivity contribution in [3.8, 4) is 0 Å². The number of nitrogens with zero attached hydrogens (tertiary/aromatic N) is 4. The first kappa shape index (κ1) is 14.9. The summed E-state index contributed by atoms with van der Waals surface area (Å²) in [6.07, 6.45) is 2.03. The maximum Gasteiger partial charge on any atom is 0.234 e. The van der Waals surface area contributed by atoms with Crippen molar-refractivity contribution in [3.05, 3.63) is 12.2 Å². The van der Waals surface area contributed by atoms with Crippen molar-refractivity contribution in [2.75, 3.05) is 0 Å². The van der Waals surface area contributed by atoms with E-state index in [1.165, 1.54) is 0 Å². The van der Waals surface area contributed by atoms with Crippen LogP contribution in [0.15, 0.2) is 11.5 Å². The molecule has 0 fully saturated rings. The maximum atomic E-state index is 12.2. The number of carbonyl (C=O) groups is 1. The lowest BCUT2D eigenvalue weighted by Gasteiger charge is -2.25. The SMILES string of the molecule is CCn1cnnc1CNC(=O)C(C)(CC)C(N)=NO. The van der Waals surface area contributed by atoms with Crippen molar-refractivity contribution >= 4 is 11.7 Å². The molecule has 1 atom stereocenters. The van der Waals surface area contributed by atoms with Crippen LogP contribution in [-0.2, 0) is 17.9 Å². The van der Waals surface area contributed by atoms with E-state index < -0.39 is 5.41 Å². The number of nitrogens with one attached hydrogen (secondary N) is 1. The number of amides is 1. The van der Waals surface area contributed by atoms with Gasteiger partial charge in [0, 0.05) is 6.54 Å². The summed E-state index contributed by atoms with van der Waals surface area (Å²) in [6.45, 7) is 6.36. The quantitative estimate of drug-likeness (QED) is 0.292. The second-order valence-electron chi connectivity index (χ2n) is 4.39. The summed E-state index contributed by atoms with van der Waals surface area (Å²) in [5.74, 6) is 0.245. The molecule has 0 saturated carbocycles. The van der Waals surface area contributed by atoms with E-state index in [-0.39, 0.29) is 18.3 Å². The largest absolute Gasteiger partial charge is 0.409 e. The number of oxime groups is 1. The van der Waals surface area contributed by atoms with Crippen LogP contribution in [-0.4, -0.2) is 31.7 Å². The molecule has 1 aromatic heterocycles. The van der Waals surface area contributed by atoms with Gasteiger partial charge >= 0.3 is 0 Å². The molecule has 106 valence electrons. The van der Waals surface area contributed by atoms with E-state index in [2.05, 4.69) is 20.7 Å². The Morgan fingerprint density at radius 1 is 1.63 bits per heavy atom. The molecule has 1 rings (SSSR count). The highest BCUT2D eigenvalue weighted by molar-refractivity contribution is 6.06. The zero-order valence-electron chi connectivity index (χ0n) is 11.4. The van der Waals surface area contributed by atoms with Crippen molar-refractivity contribution < 1.29 is 10.0 Å². The van der Waals surface area contributed by atoms with Gasteiger partial charge in [-0.1, -0.05) is 12.1 Å². The Balaban J connectivity index is 2.74. The van der Waals surface area contributed by atoms with Gasteiger partial charge in [-0.2, -0.15) is 0 Å². The van der Waals surface area contributed by atoms with E-state index >= 15 is 0 Å². The minimum Gasteiger partial charge on any atom is -0.409 e. The summed E-state index contributed by atoms with van der Waals surface area (Å²) in [5.41, 5.74) is 4.54. The number of hydrogen-bond acceptors (Lipinski definition) is 5. The van der Waals surface area contributed by atoms with Gasteiger partial charge in [-0.3, -0.25) is 4.79 Å². The smallest absolute Gasteiger partial charge is 0.234 e. The second-order valence-corrected chi connectivity index (χ2v) is 4.39. The molecule has 1 unspecified atom stereocenters. The fraction of sp³-hybridized carbons (Fsp3) is 0.636. The molecule has 19 heavy (non-hydrogen) atoms. The van der Waals surface area contributed by atoms with Crippen LogP contribution in [0, 0.1) is 5.41 Å². The van der Waals surface area contributed by atoms with Crippen LogP contribution in [0.1, 0.15) is 33.0 Å². The van der Waals surface area contributed by atoms with Crippen LogP contribution in [0.5, 0.6) is 0 Å². The highest BCUT2D eigenvalue weighted by atomic mass is 16.4. The first-order chi connectivity index (χ1) is 8.99. The highest BCUT2D eigenvalue weighted by Gasteiger charge is 2.36. The lowest BCUT2D eigenvalue weighted by molar-refractivity contribution is -0.127. The standard InChI is InChI=1S/C11H20N6O2/c1-4-11(3,9(12)16-19)10(18)13-6-8-15-14-7-17(8)5-2/h7,19H,4-6H2,1-3H3,(H2,12,16)(H,13,18). The first-order valence-electron chi connectivity index (χ1n) is 6.12. The molecule has 0 aliphatic carbocycles. The minimum absolute atomic E-state index is 0.107. The molecule has 0 spiro atoms. The van der Waals surface area contributed by atoms with Crippen molar-refractivity contribution in [3.63, 3.8) is 0 Å². The average molecular weight is 268 g/mol. The molecule has 8 heteroatoms. The molecule has 0 aliphatic rings. The Morgan fingerprint density at radius 3 is 2.84 bits per heavy atom. The summed E-state index contributed by atoms with van der Waals surface area (Å²) in [5, 5.41) is 22.1. The highest BCUT2D eigenvalue weighted by Crippen LogP contribution is 2.21. The van der Waals surface area contributed by atoms with Gasteiger partial charge in [-0.15, -0.1) is 10.2 Å². The van der Waals surface area contributed by atoms with E-state index in [0.29, 0.717) is 12.2 Å². The normalized spacial score (nSPS) is 15.0. The van der Waals surface area contributed by atoms with E-state index in [9.17, 15) is 4.79 Å². The molecular formula is C11H20N6O2. The van der Waals surface area contributed by atoms with E-state index in [1.54, 1.807) is 20.2 Å². The van der Waals surface area contributed by atoms with Gasteiger partial charge < -0.3 is 20.8 Å². The third-order valence-corrected chi connectivity index (χ3v) is 3.32. The van der Waals surface area contributed by atoms with Gasteiger partial charge in [0.2, 0.25) is 5.91 Å². The topological polar surface area (TPSA) is 118 Å². The van der Waals surface area contributed by atoms with Crippen molar-refractivity contribution in [2.24, 2.45) is 16.3 Å². The van der Waals surface area contributed by atoms with Gasteiger partial charge in [0.15, 0.2) is 11.7 Å². The van der Waals surface area contributed by atoms with Gasteiger partial charge in [-0.25, -0.2) is 0 Å². The number of nitrogens with two attached hydrogens (primary N) is 1.